The molecule has 0 radical (unpaired) electrons. The van der Waals surface area contributed by atoms with E-state index < -0.39 is 11.8 Å². The highest BCUT2D eigenvalue weighted by atomic mass is 35.5. The van der Waals surface area contributed by atoms with Crippen molar-refractivity contribution in [1.29, 1.82) is 0 Å². The average Bonchev–Trinajstić information content (AvgIpc) is 3.35. The second-order valence-electron chi connectivity index (χ2n) is 9.51. The first kappa shape index (κ1) is 23.0. The summed E-state index contributed by atoms with van der Waals surface area (Å²) in [6, 6.07) is 12.9. The summed E-state index contributed by atoms with van der Waals surface area (Å²) in [6.07, 6.45) is 2.38. The maximum Gasteiger partial charge on any atom is 0.259 e. The van der Waals surface area contributed by atoms with Crippen molar-refractivity contribution in [2.75, 3.05) is 19.7 Å². The molecule has 0 spiro atoms. The predicted octanol–water partition coefficient (Wildman–Crippen LogP) is 4.55. The number of rotatable bonds is 5. The van der Waals surface area contributed by atoms with Crippen molar-refractivity contribution in [3.63, 3.8) is 0 Å². The molecule has 2 aliphatic rings. The molecule has 0 saturated carbocycles. The first-order valence-electron chi connectivity index (χ1n) is 12.3. The Hall–Kier alpha value is -3.39. The number of carbonyl (C=O) groups excluding carboxylic acids is 2. The van der Waals surface area contributed by atoms with Gasteiger partial charge in [-0.15, -0.1) is 0 Å². The molecule has 2 amide bonds. The Labute approximate surface area is 212 Å². The monoisotopic (exact) mass is 503 g/mol. The Morgan fingerprint density at radius 3 is 2.47 bits per heavy atom. The van der Waals surface area contributed by atoms with Crippen LogP contribution in [0.4, 0.5) is 0 Å². The van der Waals surface area contributed by atoms with Gasteiger partial charge in [-0.3, -0.25) is 14.9 Å². The van der Waals surface area contributed by atoms with Crippen molar-refractivity contribution in [3.05, 3.63) is 64.2 Å². The third-order valence-electron chi connectivity index (χ3n) is 7.47. The Morgan fingerprint density at radius 2 is 1.72 bits per heavy atom. The highest BCUT2D eigenvalue weighted by molar-refractivity contribution is 6.36. The molecule has 0 atom stereocenters. The number of benzene rings is 3. The Morgan fingerprint density at radius 1 is 0.972 bits per heavy atom. The summed E-state index contributed by atoms with van der Waals surface area (Å²) in [7, 11) is 0. The van der Waals surface area contributed by atoms with Crippen molar-refractivity contribution < 1.29 is 19.8 Å². The van der Waals surface area contributed by atoms with Gasteiger partial charge in [0.1, 0.15) is 5.75 Å². The molecule has 3 heterocycles. The molecule has 1 saturated heterocycles. The first-order valence-corrected chi connectivity index (χ1v) is 12.7. The summed E-state index contributed by atoms with van der Waals surface area (Å²) in [6.45, 7) is 2.32. The number of aromatic hydroxyl groups is 1. The minimum Gasteiger partial charge on any atom is -0.508 e. The number of nitrogens with zero attached hydrogens (tertiary/aromatic N) is 1. The van der Waals surface area contributed by atoms with Crippen LogP contribution < -0.4 is 10.6 Å². The molecule has 7 nitrogen and oxygen atoms in total. The number of fused-ring (bicyclic) bond motifs is 5. The van der Waals surface area contributed by atoms with Gasteiger partial charge < -0.3 is 20.1 Å². The van der Waals surface area contributed by atoms with Gasteiger partial charge in [0.15, 0.2) is 0 Å². The minimum atomic E-state index is -0.461. The third kappa shape index (κ3) is 3.50. The van der Waals surface area contributed by atoms with E-state index in [4.69, 9.17) is 11.6 Å². The number of hydrogen-bond donors (Lipinski definition) is 4. The lowest BCUT2D eigenvalue weighted by Crippen LogP contribution is -2.26. The van der Waals surface area contributed by atoms with Crippen LogP contribution in [0.3, 0.4) is 0 Å². The number of aromatic nitrogens is 1. The van der Waals surface area contributed by atoms with Gasteiger partial charge in [-0.1, -0.05) is 29.8 Å². The van der Waals surface area contributed by atoms with Gasteiger partial charge >= 0.3 is 0 Å². The molecule has 0 bridgehead atoms. The quantitative estimate of drug-likeness (QED) is 0.299. The van der Waals surface area contributed by atoms with Crippen LogP contribution in [0.5, 0.6) is 5.75 Å². The molecule has 6 rings (SSSR count). The zero-order valence-corrected chi connectivity index (χ0v) is 20.4. The van der Waals surface area contributed by atoms with E-state index >= 15 is 0 Å². The van der Waals surface area contributed by atoms with Crippen molar-refractivity contribution in [2.24, 2.45) is 0 Å². The van der Waals surface area contributed by atoms with Crippen LogP contribution in [0.15, 0.2) is 42.5 Å². The largest absolute Gasteiger partial charge is 0.508 e. The van der Waals surface area contributed by atoms with Crippen LogP contribution in [0, 0.1) is 0 Å². The van der Waals surface area contributed by atoms with Crippen LogP contribution in [0.25, 0.3) is 32.9 Å². The number of hydrogen-bond acceptors (Lipinski definition) is 5. The van der Waals surface area contributed by atoms with E-state index in [1.807, 2.05) is 30.3 Å². The third-order valence-corrected chi connectivity index (χ3v) is 7.80. The molecule has 0 aliphatic carbocycles. The van der Waals surface area contributed by atoms with Gasteiger partial charge in [-0.2, -0.15) is 0 Å². The molecule has 3 aromatic carbocycles. The number of amides is 2. The Bertz CT molecular complexity index is 1550. The average molecular weight is 504 g/mol. The number of aryl methyl sites for hydroxylation is 1. The number of phenolic OH excluding ortho intramolecular Hbond substituents is 1. The minimum absolute atomic E-state index is 0.0156. The fraction of sp³-hybridized carbons (Fsp3) is 0.286. The zero-order valence-electron chi connectivity index (χ0n) is 19.6. The maximum absolute atomic E-state index is 13.1. The number of piperidine rings is 1. The highest BCUT2D eigenvalue weighted by Gasteiger charge is 2.35. The van der Waals surface area contributed by atoms with Crippen LogP contribution in [0.2, 0.25) is 5.02 Å². The Balaban J connectivity index is 1.72. The lowest BCUT2D eigenvalue weighted by Gasteiger charge is -2.24. The zero-order chi connectivity index (χ0) is 25.0. The van der Waals surface area contributed by atoms with Crippen molar-refractivity contribution in [2.45, 2.75) is 31.7 Å². The standard InChI is InChI=1S/C28H26ClN3O4/c29-20-5-2-1-4-16(20)18-13-22-24(26-25(18)27(35)31-28(26)36)19-14-23(34)17(15-6-8-30-9-7-15)12-21(19)32(22)10-3-11-33/h1-2,4-5,12-15,30,33-34H,3,6-11H2,(H,31,35,36). The van der Waals surface area contributed by atoms with E-state index in [0.29, 0.717) is 51.0 Å². The van der Waals surface area contributed by atoms with Crippen molar-refractivity contribution in [3.8, 4) is 16.9 Å². The first-order chi connectivity index (χ1) is 17.5. The number of nitrogens with one attached hydrogen (secondary N) is 2. The molecular weight excluding hydrogens is 478 g/mol. The highest BCUT2D eigenvalue weighted by Crippen LogP contribution is 2.44. The summed E-state index contributed by atoms with van der Waals surface area (Å²) < 4.78 is 2.08. The number of halogens is 1. The number of carbonyl (C=O) groups is 2. The van der Waals surface area contributed by atoms with Gasteiger partial charge in [0.25, 0.3) is 11.8 Å². The van der Waals surface area contributed by atoms with E-state index in [0.717, 1.165) is 42.5 Å². The molecular formula is C28H26ClN3O4. The summed E-state index contributed by atoms with van der Waals surface area (Å²) in [5, 5.41) is 28.4. The van der Waals surface area contributed by atoms with Crippen molar-refractivity contribution >= 4 is 45.2 Å². The number of aliphatic hydroxyl groups is 1. The lowest BCUT2D eigenvalue weighted by atomic mass is 9.88. The molecule has 2 aliphatic heterocycles. The van der Waals surface area contributed by atoms with Gasteiger partial charge in [-0.05, 0) is 73.7 Å². The number of phenols is 1. The van der Waals surface area contributed by atoms with E-state index in [1.165, 1.54) is 0 Å². The Kier molecular flexibility index (Phi) is 5.71. The van der Waals surface area contributed by atoms with Gasteiger partial charge in [0.2, 0.25) is 0 Å². The van der Waals surface area contributed by atoms with E-state index in [1.54, 1.807) is 12.1 Å². The van der Waals surface area contributed by atoms with Crippen LogP contribution in [-0.2, 0) is 6.54 Å². The van der Waals surface area contributed by atoms with E-state index in [9.17, 15) is 19.8 Å². The second kappa shape index (κ2) is 8.92. The molecule has 8 heteroatoms. The maximum atomic E-state index is 13.1. The van der Waals surface area contributed by atoms with Crippen molar-refractivity contribution in [1.82, 2.24) is 15.2 Å². The van der Waals surface area contributed by atoms with Gasteiger partial charge in [-0.25, -0.2) is 0 Å². The summed E-state index contributed by atoms with van der Waals surface area (Å²) in [4.78, 5) is 26.1. The summed E-state index contributed by atoms with van der Waals surface area (Å²) in [5.74, 6) is -0.492. The topological polar surface area (TPSA) is 104 Å². The van der Waals surface area contributed by atoms with E-state index in [2.05, 4.69) is 15.2 Å². The normalized spacial score (nSPS) is 16.2. The van der Waals surface area contributed by atoms with Crippen LogP contribution >= 0.6 is 11.6 Å². The van der Waals surface area contributed by atoms with Gasteiger partial charge in [0, 0.05) is 40.0 Å². The molecule has 1 aromatic heterocycles. The smallest absolute Gasteiger partial charge is 0.259 e. The summed E-state index contributed by atoms with van der Waals surface area (Å²) >= 11 is 6.53. The number of imide groups is 1. The lowest BCUT2D eigenvalue weighted by molar-refractivity contribution is 0.0880. The summed E-state index contributed by atoms with van der Waals surface area (Å²) in [5.41, 5.74) is 4.37. The number of aliphatic hydroxyl groups excluding tert-OH is 1. The van der Waals surface area contributed by atoms with Gasteiger partial charge in [0.05, 0.1) is 16.6 Å². The second-order valence-corrected chi connectivity index (χ2v) is 9.92. The van der Waals surface area contributed by atoms with Crippen LogP contribution in [-0.4, -0.2) is 46.3 Å². The molecule has 184 valence electrons. The fourth-order valence-electron chi connectivity index (χ4n) is 5.81. The molecule has 4 N–H and O–H groups in total. The van der Waals surface area contributed by atoms with E-state index in [-0.39, 0.29) is 18.3 Å². The molecule has 36 heavy (non-hydrogen) atoms. The predicted molar refractivity (Wildman–Crippen MR) is 140 cm³/mol. The molecule has 1 fully saturated rings. The molecule has 4 aromatic rings. The van der Waals surface area contributed by atoms with Crippen LogP contribution in [0.1, 0.15) is 51.5 Å². The SMILES string of the molecule is O=C1NC(=O)c2c1c(-c1ccccc1Cl)cc1c2c2cc(O)c(C3CCNCC3)cc2n1CCCO. The fourth-order valence-corrected chi connectivity index (χ4v) is 6.05. The molecule has 0 unspecified atom stereocenters.